The molecule has 1 unspecified atom stereocenters. The molecule has 1 heterocycles. The summed E-state index contributed by atoms with van der Waals surface area (Å²) in [7, 11) is 0. The van der Waals surface area contributed by atoms with Gasteiger partial charge in [-0.1, -0.05) is 0 Å². The van der Waals surface area contributed by atoms with E-state index in [1.807, 2.05) is 18.2 Å². The first-order valence-electron chi connectivity index (χ1n) is 4.60. The number of para-hydroxylation sites is 1. The molecule has 1 atom stereocenters. The second-order valence-corrected chi connectivity index (χ2v) is 4.32. The van der Waals surface area contributed by atoms with Gasteiger partial charge in [0.2, 0.25) is 0 Å². The molecule has 0 fully saturated rings. The molecule has 0 aliphatic rings. The molecule has 16 heavy (non-hydrogen) atoms. The molecule has 0 saturated heterocycles. The minimum atomic E-state index is -1.16. The summed E-state index contributed by atoms with van der Waals surface area (Å²) in [5.41, 5.74) is 1.23. The molecule has 0 saturated carbocycles. The van der Waals surface area contributed by atoms with Crippen molar-refractivity contribution >= 4 is 38.7 Å². The van der Waals surface area contributed by atoms with Gasteiger partial charge in [-0.05, 0) is 0 Å². The van der Waals surface area contributed by atoms with Crippen molar-refractivity contribution in [3.63, 3.8) is 0 Å². The molecule has 2 N–H and O–H groups in total. The predicted molar refractivity (Wildman–Crippen MR) is 59.8 cm³/mol. The third-order valence-electron chi connectivity index (χ3n) is 2.32. The van der Waals surface area contributed by atoms with Crippen molar-refractivity contribution in [2.24, 2.45) is 0 Å². The number of ketones is 1. The van der Waals surface area contributed by atoms with Gasteiger partial charge in [-0.25, -0.2) is 0 Å². The number of carboxylic acid groups (broad SMARTS) is 1. The van der Waals surface area contributed by atoms with Crippen LogP contribution in [0.15, 0.2) is 30.5 Å². The van der Waals surface area contributed by atoms with Gasteiger partial charge in [0.25, 0.3) is 0 Å². The molecule has 0 spiro atoms. The van der Waals surface area contributed by atoms with E-state index in [1.165, 1.54) is 0 Å². The number of hydrogen-bond donors (Lipinski definition) is 2. The fraction of sp³-hybridized carbons (Fsp3) is 0.0909. The summed E-state index contributed by atoms with van der Waals surface area (Å²) < 4.78 is 0. The zero-order chi connectivity index (χ0) is 11.7. The van der Waals surface area contributed by atoms with Gasteiger partial charge >= 0.3 is 99.2 Å². The zero-order valence-electron chi connectivity index (χ0n) is 8.14. The molecule has 4 nitrogen and oxygen atoms in total. The van der Waals surface area contributed by atoms with Crippen molar-refractivity contribution in [3.8, 4) is 0 Å². The number of hydrogen-bond acceptors (Lipinski definition) is 2. The van der Waals surface area contributed by atoms with Gasteiger partial charge in [-0.15, -0.1) is 0 Å². The first-order valence-corrected chi connectivity index (χ1v) is 5.59. The molecule has 5 heteroatoms. The summed E-state index contributed by atoms with van der Waals surface area (Å²) in [5.74, 6) is -1.58. The molecule has 1 aromatic carbocycles. The number of Topliss-reactive ketones (excluding diaryl/α,β-unsaturated/α-hetero) is 1. The average molecular weight is 281 g/mol. The number of fused-ring (bicyclic) bond motifs is 1. The third kappa shape index (κ3) is 1.75. The normalized spacial score (nSPS) is 12.6. The first kappa shape index (κ1) is 10.9. The summed E-state index contributed by atoms with van der Waals surface area (Å²) in [4.78, 5) is 24.3. The second kappa shape index (κ2) is 4.12. The maximum absolute atomic E-state index is 11.8. The molecule has 1 aromatic heterocycles. The monoisotopic (exact) mass is 282 g/mol. The SMILES string of the molecule is O=C(O)C([Se])C(=O)c1c[nH]c2ccccc12. The average Bonchev–Trinajstić information content (AvgIpc) is 2.70. The number of benzene rings is 1. The summed E-state index contributed by atoms with van der Waals surface area (Å²) in [6.45, 7) is 0. The van der Waals surface area contributed by atoms with Crippen molar-refractivity contribution in [2.45, 2.75) is 4.82 Å². The Balaban J connectivity index is 2.48. The van der Waals surface area contributed by atoms with Crippen LogP contribution in [0.5, 0.6) is 0 Å². The van der Waals surface area contributed by atoms with Crippen molar-refractivity contribution in [1.29, 1.82) is 0 Å². The molecule has 81 valence electrons. The number of aliphatic carboxylic acids is 1. The molecule has 0 aliphatic carbocycles. The van der Waals surface area contributed by atoms with Crippen LogP contribution in [-0.4, -0.2) is 37.9 Å². The van der Waals surface area contributed by atoms with E-state index in [1.54, 1.807) is 12.3 Å². The van der Waals surface area contributed by atoms with E-state index in [9.17, 15) is 9.59 Å². The van der Waals surface area contributed by atoms with Crippen molar-refractivity contribution in [1.82, 2.24) is 4.98 Å². The predicted octanol–water partition coefficient (Wildman–Crippen LogP) is 1.39. The summed E-state index contributed by atoms with van der Waals surface area (Å²) in [6, 6.07) is 7.27. The number of aromatic nitrogens is 1. The molecule has 0 bridgehead atoms. The topological polar surface area (TPSA) is 70.2 Å². The molecule has 0 aliphatic heterocycles. The van der Waals surface area contributed by atoms with E-state index in [4.69, 9.17) is 5.11 Å². The Morgan fingerprint density at radius 2 is 2.00 bits per heavy atom. The van der Waals surface area contributed by atoms with E-state index < -0.39 is 16.6 Å². The van der Waals surface area contributed by atoms with Gasteiger partial charge < -0.3 is 0 Å². The molecular weight excluding hydrogens is 273 g/mol. The summed E-state index contributed by atoms with van der Waals surface area (Å²) in [5, 5.41) is 9.51. The van der Waals surface area contributed by atoms with Gasteiger partial charge in [0.05, 0.1) is 0 Å². The van der Waals surface area contributed by atoms with Crippen LogP contribution in [0.25, 0.3) is 10.9 Å². The van der Waals surface area contributed by atoms with Gasteiger partial charge in [-0.3, -0.25) is 0 Å². The molecule has 2 aromatic rings. The number of rotatable bonds is 3. The number of nitrogens with one attached hydrogen (secondary N) is 1. The van der Waals surface area contributed by atoms with Crippen LogP contribution in [0.4, 0.5) is 0 Å². The Kier molecular flexibility index (Phi) is 2.81. The Hall–Kier alpha value is -1.58. The van der Waals surface area contributed by atoms with Gasteiger partial charge in [0, 0.05) is 0 Å². The van der Waals surface area contributed by atoms with Crippen LogP contribution in [0.3, 0.4) is 0 Å². The summed E-state index contributed by atoms with van der Waals surface area (Å²) in [6.07, 6.45) is 1.54. The molecule has 1 radical (unpaired) electrons. The Labute approximate surface area is 99.5 Å². The van der Waals surface area contributed by atoms with Crippen molar-refractivity contribution in [3.05, 3.63) is 36.0 Å². The van der Waals surface area contributed by atoms with Gasteiger partial charge in [0.15, 0.2) is 0 Å². The van der Waals surface area contributed by atoms with Gasteiger partial charge in [-0.2, -0.15) is 0 Å². The molecule has 2 rings (SSSR count). The van der Waals surface area contributed by atoms with Crippen molar-refractivity contribution in [2.75, 3.05) is 0 Å². The fourth-order valence-corrected chi connectivity index (χ4v) is 1.80. The van der Waals surface area contributed by atoms with E-state index in [2.05, 4.69) is 21.0 Å². The Bertz CT molecular complexity index is 561. The quantitative estimate of drug-likeness (QED) is 0.507. The molecular formula is C11H8NO3Se. The standard InChI is InChI=1S/C11H8NO3Se/c13-9(10(16)11(14)15)7-5-12-8-4-2-1-3-6(7)8/h1-5,10,12H,(H,14,15). The van der Waals surface area contributed by atoms with Crippen molar-refractivity contribution < 1.29 is 14.7 Å². The minimum absolute atomic E-state index is 0.404. The fourth-order valence-electron chi connectivity index (χ4n) is 1.53. The van der Waals surface area contributed by atoms with Crippen LogP contribution in [-0.2, 0) is 4.79 Å². The van der Waals surface area contributed by atoms with Crippen LogP contribution in [0.1, 0.15) is 10.4 Å². The van der Waals surface area contributed by atoms with E-state index >= 15 is 0 Å². The second-order valence-electron chi connectivity index (χ2n) is 3.33. The number of carbonyl (C=O) groups is 2. The van der Waals surface area contributed by atoms with E-state index in [0.29, 0.717) is 5.56 Å². The molecule has 0 amide bonds. The van der Waals surface area contributed by atoms with E-state index in [0.717, 1.165) is 10.9 Å². The maximum atomic E-state index is 11.8. The van der Waals surface area contributed by atoms with Crippen LogP contribution >= 0.6 is 0 Å². The number of H-pyrrole nitrogens is 1. The van der Waals surface area contributed by atoms with Gasteiger partial charge in [0.1, 0.15) is 0 Å². The number of aromatic amines is 1. The van der Waals surface area contributed by atoms with Crippen LogP contribution < -0.4 is 0 Å². The number of carboxylic acids is 1. The van der Waals surface area contributed by atoms with Crippen LogP contribution in [0, 0.1) is 0 Å². The number of carbonyl (C=O) groups excluding carboxylic acids is 1. The Morgan fingerprint density at radius 1 is 1.31 bits per heavy atom. The van der Waals surface area contributed by atoms with Crippen LogP contribution in [0.2, 0.25) is 4.82 Å². The Morgan fingerprint density at radius 3 is 2.69 bits per heavy atom. The van der Waals surface area contributed by atoms with E-state index in [-0.39, 0.29) is 0 Å². The zero-order valence-corrected chi connectivity index (χ0v) is 9.85. The third-order valence-corrected chi connectivity index (χ3v) is 3.19. The summed E-state index contributed by atoms with van der Waals surface area (Å²) >= 11 is 2.37. The first-order chi connectivity index (χ1) is 7.61.